The van der Waals surface area contributed by atoms with E-state index in [0.29, 0.717) is 16.9 Å². The third kappa shape index (κ3) is 1.51. The summed E-state index contributed by atoms with van der Waals surface area (Å²) in [6.45, 7) is 3.59. The van der Waals surface area contributed by atoms with Crippen LogP contribution in [-0.4, -0.2) is 9.97 Å². The molecule has 0 radical (unpaired) electrons. The van der Waals surface area contributed by atoms with E-state index in [9.17, 15) is 4.79 Å². The highest BCUT2D eigenvalue weighted by atomic mass is 32.1. The molecule has 1 N–H and O–H groups in total. The molecule has 0 bridgehead atoms. The minimum atomic E-state index is -0.146. The monoisotopic (exact) mass is 246 g/mol. The van der Waals surface area contributed by atoms with E-state index in [1.54, 1.807) is 18.3 Å². The Kier molecular flexibility index (Phi) is 2.16. The van der Waals surface area contributed by atoms with Crippen molar-refractivity contribution in [3.63, 3.8) is 0 Å². The number of rotatable bonds is 1. The molecular weight excluding hydrogens is 236 g/mol. The first-order valence-electron chi connectivity index (χ1n) is 5.20. The van der Waals surface area contributed by atoms with Gasteiger partial charge in [0.15, 0.2) is 0 Å². The molecule has 0 atom stereocenters. The zero-order valence-corrected chi connectivity index (χ0v) is 10.2. The van der Waals surface area contributed by atoms with E-state index in [-0.39, 0.29) is 5.56 Å². The van der Waals surface area contributed by atoms with Gasteiger partial charge in [-0.1, -0.05) is 6.07 Å². The number of aromatic amines is 1. The molecule has 0 saturated carbocycles. The molecular formula is C12H10N2O2S. The van der Waals surface area contributed by atoms with E-state index >= 15 is 0 Å². The Morgan fingerprint density at radius 1 is 1.41 bits per heavy atom. The summed E-state index contributed by atoms with van der Waals surface area (Å²) in [5.41, 5.74) is 1.11. The summed E-state index contributed by atoms with van der Waals surface area (Å²) in [6.07, 6.45) is 0. The van der Waals surface area contributed by atoms with E-state index in [2.05, 4.69) is 9.97 Å². The molecule has 3 aromatic heterocycles. The lowest BCUT2D eigenvalue weighted by molar-refractivity contribution is 0.567. The molecule has 0 aromatic carbocycles. The topological polar surface area (TPSA) is 58.9 Å². The van der Waals surface area contributed by atoms with E-state index in [4.69, 9.17) is 4.42 Å². The van der Waals surface area contributed by atoms with Gasteiger partial charge in [0.2, 0.25) is 5.71 Å². The molecule has 4 nitrogen and oxygen atoms in total. The van der Waals surface area contributed by atoms with Crippen molar-refractivity contribution in [3.8, 4) is 10.4 Å². The maximum absolute atomic E-state index is 12.0. The van der Waals surface area contributed by atoms with Crippen LogP contribution in [0.3, 0.4) is 0 Å². The molecule has 3 heterocycles. The van der Waals surface area contributed by atoms with Gasteiger partial charge in [-0.2, -0.15) is 4.98 Å². The standard InChI is InChI=1S/C12H10N2O2S/c1-6-9(8-4-3-5-17-8)10-11(15)13-7(2)14-12(10)16-6/h3-5H,1-2H3,(H,13,14,15). The summed E-state index contributed by atoms with van der Waals surface area (Å²) in [4.78, 5) is 19.9. The van der Waals surface area contributed by atoms with Crippen molar-refractivity contribution in [1.29, 1.82) is 0 Å². The number of hydrogen-bond donors (Lipinski definition) is 1. The second-order valence-electron chi connectivity index (χ2n) is 3.84. The maximum atomic E-state index is 12.0. The number of hydrogen-bond acceptors (Lipinski definition) is 4. The second kappa shape index (κ2) is 3.56. The van der Waals surface area contributed by atoms with Crippen molar-refractivity contribution in [2.75, 3.05) is 0 Å². The van der Waals surface area contributed by atoms with Crippen LogP contribution in [0.2, 0.25) is 0 Å². The molecule has 5 heteroatoms. The summed E-state index contributed by atoms with van der Waals surface area (Å²) >= 11 is 1.58. The highest BCUT2D eigenvalue weighted by molar-refractivity contribution is 7.13. The summed E-state index contributed by atoms with van der Waals surface area (Å²) in [6, 6.07) is 3.93. The molecule has 0 fully saturated rings. The first-order valence-corrected chi connectivity index (χ1v) is 6.08. The predicted molar refractivity (Wildman–Crippen MR) is 67.4 cm³/mol. The summed E-state index contributed by atoms with van der Waals surface area (Å²) in [5.74, 6) is 1.29. The minimum Gasteiger partial charge on any atom is -0.442 e. The van der Waals surface area contributed by atoms with Crippen LogP contribution in [0.4, 0.5) is 0 Å². The van der Waals surface area contributed by atoms with Crippen LogP contribution >= 0.6 is 11.3 Å². The lowest BCUT2D eigenvalue weighted by atomic mass is 10.1. The Morgan fingerprint density at radius 2 is 2.24 bits per heavy atom. The molecule has 0 aliphatic heterocycles. The largest absolute Gasteiger partial charge is 0.442 e. The number of nitrogens with one attached hydrogen (secondary N) is 1. The number of fused-ring (bicyclic) bond motifs is 1. The minimum absolute atomic E-state index is 0.146. The molecule has 0 saturated heterocycles. The van der Waals surface area contributed by atoms with Gasteiger partial charge in [0.05, 0.1) is 0 Å². The fourth-order valence-corrected chi connectivity index (χ4v) is 2.77. The fraction of sp³-hybridized carbons (Fsp3) is 0.167. The van der Waals surface area contributed by atoms with Gasteiger partial charge >= 0.3 is 0 Å². The normalized spacial score (nSPS) is 11.2. The fourth-order valence-electron chi connectivity index (χ4n) is 1.94. The molecule has 3 aromatic rings. The van der Waals surface area contributed by atoms with Crippen LogP contribution in [0, 0.1) is 13.8 Å². The number of nitrogens with zero attached hydrogens (tertiary/aromatic N) is 1. The van der Waals surface area contributed by atoms with Crippen LogP contribution in [0.1, 0.15) is 11.6 Å². The number of furan rings is 1. The maximum Gasteiger partial charge on any atom is 0.262 e. The molecule has 0 unspecified atom stereocenters. The first kappa shape index (κ1) is 10.3. The van der Waals surface area contributed by atoms with E-state index in [1.165, 1.54) is 0 Å². The number of aryl methyl sites for hydroxylation is 2. The van der Waals surface area contributed by atoms with Gasteiger partial charge in [-0.3, -0.25) is 4.79 Å². The average Bonchev–Trinajstić information content (AvgIpc) is 2.83. The predicted octanol–water partition coefficient (Wildman–Crippen LogP) is 2.86. The van der Waals surface area contributed by atoms with Gasteiger partial charge < -0.3 is 9.40 Å². The van der Waals surface area contributed by atoms with Gasteiger partial charge in [-0.25, -0.2) is 0 Å². The second-order valence-corrected chi connectivity index (χ2v) is 4.79. The third-order valence-electron chi connectivity index (χ3n) is 2.62. The van der Waals surface area contributed by atoms with Gasteiger partial charge in [0, 0.05) is 10.4 Å². The van der Waals surface area contributed by atoms with Crippen LogP contribution < -0.4 is 5.56 Å². The van der Waals surface area contributed by atoms with Gasteiger partial charge in [-0.15, -0.1) is 11.3 Å². The van der Waals surface area contributed by atoms with E-state index in [0.717, 1.165) is 16.2 Å². The van der Waals surface area contributed by atoms with Crippen molar-refractivity contribution >= 4 is 22.4 Å². The number of aromatic nitrogens is 2. The average molecular weight is 246 g/mol. The van der Waals surface area contributed by atoms with E-state index < -0.39 is 0 Å². The number of thiophene rings is 1. The number of H-pyrrole nitrogens is 1. The van der Waals surface area contributed by atoms with Gasteiger partial charge in [-0.05, 0) is 25.3 Å². The first-order chi connectivity index (χ1) is 8.16. The summed E-state index contributed by atoms with van der Waals surface area (Å²) in [5, 5.41) is 2.51. The Labute approximate surface area is 101 Å². The molecule has 0 spiro atoms. The molecule has 0 aliphatic rings. The summed E-state index contributed by atoms with van der Waals surface area (Å²) < 4.78 is 5.56. The molecule has 17 heavy (non-hydrogen) atoms. The highest BCUT2D eigenvalue weighted by Gasteiger charge is 2.18. The lowest BCUT2D eigenvalue weighted by Crippen LogP contribution is -2.08. The van der Waals surface area contributed by atoms with Gasteiger partial charge in [0.25, 0.3) is 5.56 Å². The van der Waals surface area contributed by atoms with E-state index in [1.807, 2.05) is 24.4 Å². The quantitative estimate of drug-likeness (QED) is 0.718. The smallest absolute Gasteiger partial charge is 0.262 e. The highest BCUT2D eigenvalue weighted by Crippen LogP contribution is 2.34. The zero-order chi connectivity index (χ0) is 12.0. The van der Waals surface area contributed by atoms with Gasteiger partial charge in [0.1, 0.15) is 17.0 Å². The Bertz CT molecular complexity index is 738. The molecule has 3 rings (SSSR count). The summed E-state index contributed by atoms with van der Waals surface area (Å²) in [7, 11) is 0. The van der Waals surface area contributed by atoms with Crippen LogP contribution in [-0.2, 0) is 0 Å². The molecule has 0 amide bonds. The Hall–Kier alpha value is -1.88. The SMILES string of the molecule is Cc1nc2oc(C)c(-c3cccs3)c2c(=O)[nH]1. The van der Waals surface area contributed by atoms with Crippen molar-refractivity contribution < 1.29 is 4.42 Å². The van der Waals surface area contributed by atoms with Crippen LogP contribution in [0.25, 0.3) is 21.5 Å². The van der Waals surface area contributed by atoms with Crippen molar-refractivity contribution in [2.24, 2.45) is 0 Å². The molecule has 86 valence electrons. The Balaban J connectivity index is 2.47. The van der Waals surface area contributed by atoms with Crippen LogP contribution in [0.15, 0.2) is 26.7 Å². The van der Waals surface area contributed by atoms with Crippen molar-refractivity contribution in [1.82, 2.24) is 9.97 Å². The molecule has 0 aliphatic carbocycles. The Morgan fingerprint density at radius 3 is 2.94 bits per heavy atom. The van der Waals surface area contributed by atoms with Crippen molar-refractivity contribution in [3.05, 3.63) is 39.5 Å². The zero-order valence-electron chi connectivity index (χ0n) is 9.40. The van der Waals surface area contributed by atoms with Crippen LogP contribution in [0.5, 0.6) is 0 Å². The third-order valence-corrected chi connectivity index (χ3v) is 3.51. The van der Waals surface area contributed by atoms with Crippen molar-refractivity contribution in [2.45, 2.75) is 13.8 Å². The lowest BCUT2D eigenvalue weighted by Gasteiger charge is -1.94.